The third kappa shape index (κ3) is 3.71. The molecule has 1 aliphatic heterocycles. The Kier molecular flexibility index (Phi) is 4.80. The maximum atomic E-state index is 12.7. The van der Waals surface area contributed by atoms with Crippen molar-refractivity contribution in [2.45, 2.75) is 0 Å². The quantitative estimate of drug-likeness (QED) is 0.562. The lowest BCUT2D eigenvalue weighted by molar-refractivity contribution is -0.112. The molecule has 0 spiro atoms. The molecule has 144 valence electrons. The van der Waals surface area contributed by atoms with Crippen LogP contribution in [0.1, 0.15) is 10.4 Å². The lowest BCUT2D eigenvalue weighted by Crippen LogP contribution is -2.34. The third-order valence-electron chi connectivity index (χ3n) is 4.12. The number of hydrazine groups is 1. The summed E-state index contributed by atoms with van der Waals surface area (Å²) in [4.78, 5) is 28.2. The smallest absolute Gasteiger partial charge is 0.335 e. The minimum absolute atomic E-state index is 0.115. The van der Waals surface area contributed by atoms with Gasteiger partial charge in [-0.15, -0.1) is 11.3 Å². The number of hydrogen-bond acceptors (Lipinski definition) is 7. The Hall–Kier alpha value is -3.98. The summed E-state index contributed by atoms with van der Waals surface area (Å²) in [7, 11) is 0. The van der Waals surface area contributed by atoms with Crippen LogP contribution in [0.3, 0.4) is 0 Å². The fourth-order valence-electron chi connectivity index (χ4n) is 2.64. The number of aromatic nitrogens is 1. The molecular weight excluding hydrogens is 390 g/mol. The van der Waals surface area contributed by atoms with Crippen LogP contribution in [-0.4, -0.2) is 27.7 Å². The molecule has 0 bridgehead atoms. The molecule has 3 N–H and O–H groups in total. The molecule has 3 aromatic rings. The van der Waals surface area contributed by atoms with Crippen molar-refractivity contribution in [2.75, 3.05) is 10.4 Å². The van der Waals surface area contributed by atoms with Gasteiger partial charge < -0.3 is 5.11 Å². The number of nitrogens with zero attached hydrogens (tertiary/aromatic N) is 3. The molecule has 2 aromatic carbocycles. The van der Waals surface area contributed by atoms with Crippen LogP contribution >= 0.6 is 11.3 Å². The number of benzene rings is 2. The number of hydrogen-bond donors (Lipinski definition) is 3. The largest absolute Gasteiger partial charge is 0.478 e. The molecule has 0 radical (unpaired) electrons. The van der Waals surface area contributed by atoms with Gasteiger partial charge in [0, 0.05) is 10.9 Å². The zero-order chi connectivity index (χ0) is 20.4. The first-order chi connectivity index (χ1) is 14.0. The maximum Gasteiger partial charge on any atom is 0.335 e. The van der Waals surface area contributed by atoms with Crippen LogP contribution in [0.4, 0.5) is 10.8 Å². The van der Waals surface area contributed by atoms with Crippen LogP contribution in [0, 0.1) is 0 Å². The number of aromatic carboxylic acids is 1. The average molecular weight is 405 g/mol. The van der Waals surface area contributed by atoms with E-state index in [2.05, 4.69) is 27.5 Å². The zero-order valence-electron chi connectivity index (χ0n) is 15.0. The zero-order valence-corrected chi connectivity index (χ0v) is 15.8. The predicted octanol–water partition coefficient (Wildman–Crippen LogP) is 3.34. The second kappa shape index (κ2) is 7.56. The van der Waals surface area contributed by atoms with Gasteiger partial charge >= 0.3 is 11.9 Å². The van der Waals surface area contributed by atoms with Gasteiger partial charge in [0.05, 0.1) is 22.6 Å². The highest BCUT2D eigenvalue weighted by atomic mass is 32.1. The van der Waals surface area contributed by atoms with Crippen LogP contribution in [0.25, 0.3) is 11.3 Å². The van der Waals surface area contributed by atoms with Crippen LogP contribution in [0.2, 0.25) is 0 Å². The standard InChI is InChI=1S/C20H15N5O3S/c1-12-17(23-22-15-9-7-14(8-10-15)19(27)28)18(26)25(24-12)20-21-16(11-29-20)13-5-3-2-4-6-13/h2-11,22,24H,1H2,(H,27,28)/b23-17+. The summed E-state index contributed by atoms with van der Waals surface area (Å²) in [5.74, 6) is -1.40. The van der Waals surface area contributed by atoms with Gasteiger partial charge in [-0.1, -0.05) is 36.9 Å². The van der Waals surface area contributed by atoms with Crippen molar-refractivity contribution >= 4 is 39.7 Å². The highest BCUT2D eigenvalue weighted by molar-refractivity contribution is 7.14. The second-order valence-electron chi connectivity index (χ2n) is 6.07. The number of carbonyl (C=O) groups excluding carboxylic acids is 1. The van der Waals surface area contributed by atoms with Crippen molar-refractivity contribution in [1.82, 2.24) is 10.4 Å². The van der Waals surface area contributed by atoms with E-state index < -0.39 is 11.9 Å². The Morgan fingerprint density at radius 3 is 2.59 bits per heavy atom. The summed E-state index contributed by atoms with van der Waals surface area (Å²) < 4.78 is 0. The third-order valence-corrected chi connectivity index (χ3v) is 4.95. The van der Waals surface area contributed by atoms with E-state index >= 15 is 0 Å². The molecule has 1 aliphatic rings. The number of thiazole rings is 1. The van der Waals surface area contributed by atoms with Crippen molar-refractivity contribution < 1.29 is 14.7 Å². The fraction of sp³-hybridized carbons (Fsp3) is 0. The Morgan fingerprint density at radius 2 is 1.90 bits per heavy atom. The molecule has 29 heavy (non-hydrogen) atoms. The first kappa shape index (κ1) is 18.4. The number of anilines is 2. The number of hydrazone groups is 1. The summed E-state index contributed by atoms with van der Waals surface area (Å²) in [6.45, 7) is 3.83. The first-order valence-electron chi connectivity index (χ1n) is 8.51. The summed E-state index contributed by atoms with van der Waals surface area (Å²) in [6.07, 6.45) is 0. The van der Waals surface area contributed by atoms with Gasteiger partial charge in [0.2, 0.25) is 5.13 Å². The molecule has 4 rings (SSSR count). The van der Waals surface area contributed by atoms with Gasteiger partial charge in [-0.3, -0.25) is 15.6 Å². The molecule has 1 amide bonds. The van der Waals surface area contributed by atoms with Crippen molar-refractivity contribution in [1.29, 1.82) is 0 Å². The van der Waals surface area contributed by atoms with Crippen LogP contribution in [0.15, 0.2) is 77.4 Å². The van der Waals surface area contributed by atoms with Crippen LogP contribution < -0.4 is 15.9 Å². The van der Waals surface area contributed by atoms with E-state index in [9.17, 15) is 9.59 Å². The minimum atomic E-state index is -1.01. The van der Waals surface area contributed by atoms with E-state index in [4.69, 9.17) is 5.11 Å². The van der Waals surface area contributed by atoms with Crippen molar-refractivity contribution in [3.8, 4) is 11.3 Å². The van der Waals surface area contributed by atoms with Gasteiger partial charge in [0.15, 0.2) is 5.71 Å². The topological polar surface area (TPSA) is 107 Å². The van der Waals surface area contributed by atoms with Crippen molar-refractivity contribution in [2.24, 2.45) is 5.10 Å². The normalized spacial score (nSPS) is 14.9. The minimum Gasteiger partial charge on any atom is -0.478 e. The molecule has 1 aromatic heterocycles. The van der Waals surface area contributed by atoms with Crippen molar-refractivity contribution in [3.63, 3.8) is 0 Å². The summed E-state index contributed by atoms with van der Waals surface area (Å²) in [5.41, 5.74) is 8.52. The molecule has 0 unspecified atom stereocenters. The molecular formula is C20H15N5O3S. The number of rotatable bonds is 5. The van der Waals surface area contributed by atoms with E-state index in [0.717, 1.165) is 11.3 Å². The maximum absolute atomic E-state index is 12.7. The molecule has 1 saturated heterocycles. The van der Waals surface area contributed by atoms with E-state index in [1.54, 1.807) is 12.1 Å². The monoisotopic (exact) mass is 405 g/mol. The summed E-state index contributed by atoms with van der Waals surface area (Å²) >= 11 is 1.33. The fourth-order valence-corrected chi connectivity index (χ4v) is 3.43. The molecule has 1 fully saturated rings. The van der Waals surface area contributed by atoms with E-state index in [0.29, 0.717) is 16.5 Å². The molecule has 2 heterocycles. The molecule has 9 heteroatoms. The number of nitrogens with one attached hydrogen (secondary N) is 2. The van der Waals surface area contributed by atoms with Crippen molar-refractivity contribution in [3.05, 3.63) is 77.8 Å². The summed E-state index contributed by atoms with van der Waals surface area (Å²) in [5, 5.41) is 16.7. The van der Waals surface area contributed by atoms with Gasteiger partial charge in [0.25, 0.3) is 0 Å². The average Bonchev–Trinajstić information content (AvgIpc) is 3.32. The van der Waals surface area contributed by atoms with E-state index in [-0.39, 0.29) is 11.3 Å². The van der Waals surface area contributed by atoms with Gasteiger partial charge in [0.1, 0.15) is 0 Å². The number of carbonyl (C=O) groups is 2. The Morgan fingerprint density at radius 1 is 1.17 bits per heavy atom. The second-order valence-corrected chi connectivity index (χ2v) is 6.90. The van der Waals surface area contributed by atoms with Crippen LogP contribution in [0.5, 0.6) is 0 Å². The SMILES string of the molecule is C=C1NN(c2nc(-c3ccccc3)cs2)C(=O)/C1=N/Nc1ccc(C(=O)O)cc1. The van der Waals surface area contributed by atoms with Crippen LogP contribution in [-0.2, 0) is 4.79 Å². The van der Waals surface area contributed by atoms with Gasteiger partial charge in [-0.2, -0.15) is 10.1 Å². The van der Waals surface area contributed by atoms with Gasteiger partial charge in [-0.05, 0) is 24.3 Å². The number of amides is 1. The highest BCUT2D eigenvalue weighted by Crippen LogP contribution is 2.28. The Bertz CT molecular complexity index is 1120. The first-order valence-corrected chi connectivity index (χ1v) is 9.39. The number of carboxylic acid groups (broad SMARTS) is 1. The molecule has 8 nitrogen and oxygen atoms in total. The molecule has 0 saturated carbocycles. The Balaban J connectivity index is 1.51. The Labute approximate surface area is 169 Å². The molecule has 0 atom stereocenters. The van der Waals surface area contributed by atoms with E-state index in [1.165, 1.54) is 28.5 Å². The highest BCUT2D eigenvalue weighted by Gasteiger charge is 2.34. The lowest BCUT2D eigenvalue weighted by atomic mass is 10.2. The van der Waals surface area contributed by atoms with E-state index in [1.807, 2.05) is 35.7 Å². The number of carboxylic acids is 1. The molecule has 0 aliphatic carbocycles. The predicted molar refractivity (Wildman–Crippen MR) is 112 cm³/mol. The lowest BCUT2D eigenvalue weighted by Gasteiger charge is -2.10. The summed E-state index contributed by atoms with van der Waals surface area (Å²) in [6, 6.07) is 15.7. The van der Waals surface area contributed by atoms with Gasteiger partial charge in [-0.25, -0.2) is 9.78 Å².